The number of hydrogen-bond donors (Lipinski definition) is 0. The molecule has 0 heterocycles. The van der Waals surface area contributed by atoms with Crippen LogP contribution in [0.2, 0.25) is 0 Å². The van der Waals surface area contributed by atoms with Gasteiger partial charge in [0.25, 0.3) is 0 Å². The van der Waals surface area contributed by atoms with Gasteiger partial charge in [-0.25, -0.2) is 0 Å². The molecule has 0 amide bonds. The summed E-state index contributed by atoms with van der Waals surface area (Å²) in [7, 11) is 0. The zero-order chi connectivity index (χ0) is 44.3. The van der Waals surface area contributed by atoms with Crippen molar-refractivity contribution in [2.45, 2.75) is 31.6 Å². The molecule has 10 aromatic carbocycles. The molecule has 312 valence electrons. The monoisotopic (exact) mass is 841 g/mol. The average Bonchev–Trinajstić information content (AvgIpc) is 3.91. The molecule has 13 rings (SSSR count). The second-order valence-electron chi connectivity index (χ2n) is 18.8. The summed E-state index contributed by atoms with van der Waals surface area (Å²) in [6.45, 7) is 10.8. The van der Waals surface area contributed by atoms with Gasteiger partial charge in [-0.3, -0.25) is 0 Å². The maximum atomic E-state index is 3.91. The van der Waals surface area contributed by atoms with E-state index < -0.39 is 5.41 Å². The molecule has 66 heavy (non-hydrogen) atoms. The fourth-order valence-electron chi connectivity index (χ4n) is 12.3. The minimum absolute atomic E-state index is 0.0992. The number of anilines is 2. The first kappa shape index (κ1) is 38.5. The summed E-state index contributed by atoms with van der Waals surface area (Å²) >= 11 is 0. The molecule has 1 spiro atoms. The SMILES string of the molecule is C=C/C=C\C=C(/C)N(c1ccc(-c2ccc3c(c2)[C@@]2(c4ccccc4-3)c3ccccc3-c3cc4c5ccccc5c5ccccc5c4cc32)cc1)c1ccc2c(c1)C(C)(C)c1ccccc1-2. The summed E-state index contributed by atoms with van der Waals surface area (Å²) in [4.78, 5) is 2.38. The first-order valence-corrected chi connectivity index (χ1v) is 23.2. The Morgan fingerprint density at radius 1 is 0.394 bits per heavy atom. The Kier molecular flexibility index (Phi) is 8.30. The molecule has 0 radical (unpaired) electrons. The summed E-state index contributed by atoms with van der Waals surface area (Å²) in [5, 5.41) is 7.80. The molecule has 0 unspecified atom stereocenters. The lowest BCUT2D eigenvalue weighted by atomic mass is 9.70. The van der Waals surface area contributed by atoms with Crippen molar-refractivity contribution in [2.24, 2.45) is 0 Å². The Morgan fingerprint density at radius 3 is 1.52 bits per heavy atom. The Labute approximate surface area is 387 Å². The van der Waals surface area contributed by atoms with Crippen LogP contribution in [-0.2, 0) is 10.8 Å². The van der Waals surface area contributed by atoms with Crippen LogP contribution in [0.5, 0.6) is 0 Å². The van der Waals surface area contributed by atoms with E-state index >= 15 is 0 Å². The van der Waals surface area contributed by atoms with Crippen molar-refractivity contribution in [2.75, 3.05) is 4.90 Å². The van der Waals surface area contributed by atoms with Crippen molar-refractivity contribution < 1.29 is 0 Å². The zero-order valence-corrected chi connectivity index (χ0v) is 37.4. The molecule has 0 aliphatic heterocycles. The van der Waals surface area contributed by atoms with Crippen molar-refractivity contribution in [3.63, 3.8) is 0 Å². The van der Waals surface area contributed by atoms with Crippen LogP contribution in [0, 0.1) is 0 Å². The largest absolute Gasteiger partial charge is 0.315 e. The van der Waals surface area contributed by atoms with Crippen molar-refractivity contribution in [1.82, 2.24) is 0 Å². The molecule has 0 N–H and O–H groups in total. The van der Waals surface area contributed by atoms with Crippen LogP contribution in [0.3, 0.4) is 0 Å². The van der Waals surface area contributed by atoms with Gasteiger partial charge >= 0.3 is 0 Å². The van der Waals surface area contributed by atoms with Crippen LogP contribution < -0.4 is 4.90 Å². The van der Waals surface area contributed by atoms with Gasteiger partial charge in [-0.05, 0) is 166 Å². The number of benzene rings is 10. The number of hydrogen-bond acceptors (Lipinski definition) is 1. The summed E-state index contributed by atoms with van der Waals surface area (Å²) < 4.78 is 0. The molecule has 1 heteroatoms. The number of rotatable bonds is 6. The topological polar surface area (TPSA) is 3.24 Å². The Bertz CT molecular complexity index is 3760. The quantitative estimate of drug-likeness (QED) is 0.119. The van der Waals surface area contributed by atoms with Crippen molar-refractivity contribution in [1.29, 1.82) is 0 Å². The molecule has 0 fully saturated rings. The Balaban J connectivity index is 0.976. The molecule has 0 bridgehead atoms. The Hall–Kier alpha value is -8.00. The predicted octanol–water partition coefficient (Wildman–Crippen LogP) is 17.2. The van der Waals surface area contributed by atoms with Crippen molar-refractivity contribution in [3.05, 3.63) is 264 Å². The molecule has 1 nitrogen and oxygen atoms in total. The predicted molar refractivity (Wildman–Crippen MR) is 280 cm³/mol. The average molecular weight is 842 g/mol. The third-order valence-corrected chi connectivity index (χ3v) is 15.2. The van der Waals surface area contributed by atoms with Crippen LogP contribution in [0.1, 0.15) is 54.2 Å². The van der Waals surface area contributed by atoms with Gasteiger partial charge in [0.15, 0.2) is 0 Å². The van der Waals surface area contributed by atoms with Crippen LogP contribution >= 0.6 is 0 Å². The first-order chi connectivity index (χ1) is 32.4. The Morgan fingerprint density at radius 2 is 0.864 bits per heavy atom. The molecular formula is C65H47N. The van der Waals surface area contributed by atoms with E-state index in [1.165, 1.54) is 110 Å². The zero-order valence-electron chi connectivity index (χ0n) is 37.4. The third kappa shape index (κ3) is 5.23. The highest BCUT2D eigenvalue weighted by atomic mass is 15.1. The van der Waals surface area contributed by atoms with Crippen molar-refractivity contribution in [3.8, 4) is 44.5 Å². The molecule has 0 saturated heterocycles. The normalized spacial score (nSPS) is 16.1. The molecule has 10 aromatic rings. The number of fused-ring (bicyclic) bond motifs is 19. The molecule has 0 aromatic heterocycles. The van der Waals surface area contributed by atoms with Gasteiger partial charge in [-0.1, -0.05) is 190 Å². The summed E-state index contributed by atoms with van der Waals surface area (Å²) in [5.41, 5.74) is 21.3. The van der Waals surface area contributed by atoms with E-state index in [-0.39, 0.29) is 5.41 Å². The lowest BCUT2D eigenvalue weighted by Crippen LogP contribution is -2.25. The van der Waals surface area contributed by atoms with Crippen LogP contribution in [0.25, 0.3) is 76.8 Å². The third-order valence-electron chi connectivity index (χ3n) is 15.2. The van der Waals surface area contributed by atoms with E-state index in [1.54, 1.807) is 0 Å². The van der Waals surface area contributed by atoms with E-state index in [4.69, 9.17) is 0 Å². The van der Waals surface area contributed by atoms with E-state index in [0.29, 0.717) is 0 Å². The number of nitrogens with zero attached hydrogens (tertiary/aromatic N) is 1. The van der Waals surface area contributed by atoms with Gasteiger partial charge in [0.2, 0.25) is 0 Å². The fourth-order valence-corrected chi connectivity index (χ4v) is 12.3. The molecule has 3 aliphatic carbocycles. The summed E-state index contributed by atoms with van der Waals surface area (Å²) in [5.74, 6) is 0. The second kappa shape index (κ2) is 14.3. The fraction of sp³-hybridized carbons (Fsp3) is 0.0769. The maximum absolute atomic E-state index is 3.91. The minimum Gasteiger partial charge on any atom is -0.315 e. The standard InChI is InChI=1S/C65H47N/c1-5-6-7-18-41(2)66(45-34-36-53-50-23-12-15-26-58(50)64(3,4)61(53)38-45)44-32-29-42(30-33-44)43-31-35-54-51-24-13-16-27-59(51)65(62(54)37-43)60-28-17-14-25-52(60)57-39-55-48-21-10-8-19-46(48)47-20-9-11-22-49(47)56(55)40-63(57)65/h5-40H,1H2,2-4H3/b7-6-,41-18+/t65-/m1/s1. The number of allylic oxidation sites excluding steroid dienone is 5. The molecule has 3 aliphatic rings. The van der Waals surface area contributed by atoms with Gasteiger partial charge < -0.3 is 4.90 Å². The van der Waals surface area contributed by atoms with E-state index in [1.807, 2.05) is 12.2 Å². The molecular weight excluding hydrogens is 795 g/mol. The van der Waals surface area contributed by atoms with E-state index in [9.17, 15) is 0 Å². The highest BCUT2D eigenvalue weighted by molar-refractivity contribution is 6.26. The molecule has 0 saturated carbocycles. The van der Waals surface area contributed by atoms with Crippen molar-refractivity contribution >= 4 is 43.7 Å². The lowest BCUT2D eigenvalue weighted by molar-refractivity contribution is 0.660. The van der Waals surface area contributed by atoms with Crippen LogP contribution in [-0.4, -0.2) is 0 Å². The summed E-state index contributed by atoms with van der Waals surface area (Å²) in [6, 6.07) is 73.5. The smallest absolute Gasteiger partial charge is 0.0725 e. The second-order valence-corrected chi connectivity index (χ2v) is 18.8. The lowest BCUT2D eigenvalue weighted by Gasteiger charge is -2.31. The minimum atomic E-state index is -0.479. The molecule has 1 atom stereocenters. The van der Waals surface area contributed by atoms with Gasteiger partial charge in [-0.2, -0.15) is 0 Å². The highest BCUT2D eigenvalue weighted by Crippen LogP contribution is 2.64. The maximum Gasteiger partial charge on any atom is 0.0725 e. The van der Waals surface area contributed by atoms with Crippen LogP contribution in [0.15, 0.2) is 231 Å². The van der Waals surface area contributed by atoms with E-state index in [0.717, 1.165) is 17.1 Å². The van der Waals surface area contributed by atoms with Crippen LogP contribution in [0.4, 0.5) is 11.4 Å². The van der Waals surface area contributed by atoms with Gasteiger partial charge in [0.1, 0.15) is 0 Å². The van der Waals surface area contributed by atoms with E-state index in [2.05, 4.69) is 239 Å². The van der Waals surface area contributed by atoms with Gasteiger partial charge in [-0.15, -0.1) is 0 Å². The van der Waals surface area contributed by atoms with Gasteiger partial charge in [0, 0.05) is 22.5 Å². The highest BCUT2D eigenvalue weighted by Gasteiger charge is 2.52. The van der Waals surface area contributed by atoms with Gasteiger partial charge in [0.05, 0.1) is 5.41 Å². The summed E-state index contributed by atoms with van der Waals surface area (Å²) in [6.07, 6.45) is 8.06. The first-order valence-electron chi connectivity index (χ1n) is 23.2.